The predicted molar refractivity (Wildman–Crippen MR) is 56.6 cm³/mol. The summed E-state index contributed by atoms with van der Waals surface area (Å²) in [5, 5.41) is 13.6. The lowest BCUT2D eigenvalue weighted by Gasteiger charge is -2.05. The van der Waals surface area contributed by atoms with E-state index in [-0.39, 0.29) is 10.8 Å². The van der Waals surface area contributed by atoms with Gasteiger partial charge in [0.15, 0.2) is 17.5 Å². The molecule has 0 radical (unpaired) electrons. The Hall–Kier alpha value is -1.77. The van der Waals surface area contributed by atoms with E-state index in [1.165, 1.54) is 11.7 Å². The molecule has 0 aliphatic carbocycles. The van der Waals surface area contributed by atoms with E-state index in [1.54, 1.807) is 7.05 Å². The number of aryl methyl sites for hydroxylation is 1. The molecule has 0 saturated heterocycles. The van der Waals surface area contributed by atoms with E-state index in [0.29, 0.717) is 5.16 Å². The molecule has 1 N–H and O–H groups in total. The van der Waals surface area contributed by atoms with Crippen LogP contribution in [0.5, 0.6) is 0 Å². The summed E-state index contributed by atoms with van der Waals surface area (Å²) in [6.45, 7) is 0. The first-order chi connectivity index (χ1) is 8.11. The average Bonchev–Trinajstić information content (AvgIpc) is 2.68. The van der Waals surface area contributed by atoms with E-state index in [4.69, 9.17) is 0 Å². The fraction of sp³-hybridized carbons (Fsp3) is 0.250. The number of halogens is 2. The topological polar surface area (TPSA) is 68.5 Å². The van der Waals surface area contributed by atoms with Crippen LogP contribution in [0.4, 0.5) is 14.6 Å². The number of hydrogen-bond donors (Lipinski definition) is 1. The summed E-state index contributed by atoms with van der Waals surface area (Å²) in [7, 11) is 3.12. The number of aromatic nitrogens is 5. The van der Waals surface area contributed by atoms with E-state index < -0.39 is 11.6 Å². The van der Waals surface area contributed by atoms with Crippen LogP contribution >= 0.6 is 11.8 Å². The van der Waals surface area contributed by atoms with E-state index in [2.05, 4.69) is 25.8 Å². The molecular formula is C8H8F2N6S. The molecule has 9 heteroatoms. The van der Waals surface area contributed by atoms with E-state index >= 15 is 0 Å². The maximum absolute atomic E-state index is 13.5. The maximum Gasteiger partial charge on any atom is 0.215 e. The van der Waals surface area contributed by atoms with Crippen LogP contribution in [0.15, 0.2) is 16.2 Å². The summed E-state index contributed by atoms with van der Waals surface area (Å²) in [6.07, 6.45) is 0. The van der Waals surface area contributed by atoms with Crippen molar-refractivity contribution in [3.05, 3.63) is 17.7 Å². The van der Waals surface area contributed by atoms with Gasteiger partial charge in [0.1, 0.15) is 5.03 Å². The van der Waals surface area contributed by atoms with Crippen molar-refractivity contribution in [2.45, 2.75) is 10.2 Å². The largest absolute Gasteiger partial charge is 0.371 e. The van der Waals surface area contributed by atoms with Gasteiger partial charge in [0, 0.05) is 20.2 Å². The second kappa shape index (κ2) is 4.62. The molecule has 2 heterocycles. The molecule has 17 heavy (non-hydrogen) atoms. The highest BCUT2D eigenvalue weighted by atomic mass is 32.2. The third-order valence-electron chi connectivity index (χ3n) is 1.90. The summed E-state index contributed by atoms with van der Waals surface area (Å²) >= 11 is 0.920. The number of pyridine rings is 1. The second-order valence-electron chi connectivity index (χ2n) is 3.04. The molecule has 2 aromatic rings. The molecule has 0 atom stereocenters. The number of rotatable bonds is 3. The molecular weight excluding hydrogens is 250 g/mol. The van der Waals surface area contributed by atoms with Crippen LogP contribution in [-0.4, -0.2) is 32.2 Å². The highest BCUT2D eigenvalue weighted by Crippen LogP contribution is 2.27. The zero-order chi connectivity index (χ0) is 12.4. The minimum Gasteiger partial charge on any atom is -0.371 e. The molecule has 2 rings (SSSR count). The molecule has 90 valence electrons. The monoisotopic (exact) mass is 258 g/mol. The summed E-state index contributed by atoms with van der Waals surface area (Å²) in [6, 6.07) is 0.769. The molecule has 0 amide bonds. The third kappa shape index (κ3) is 2.33. The molecule has 0 aliphatic heterocycles. The lowest BCUT2D eigenvalue weighted by atomic mass is 10.4. The third-order valence-corrected chi connectivity index (χ3v) is 2.91. The molecule has 0 spiro atoms. The molecule has 0 aromatic carbocycles. The van der Waals surface area contributed by atoms with Gasteiger partial charge >= 0.3 is 0 Å². The highest BCUT2D eigenvalue weighted by Gasteiger charge is 2.14. The Labute approximate surface area is 99.4 Å². The van der Waals surface area contributed by atoms with Crippen molar-refractivity contribution in [2.24, 2.45) is 7.05 Å². The van der Waals surface area contributed by atoms with Crippen molar-refractivity contribution >= 4 is 17.6 Å². The number of tetrazole rings is 1. The molecule has 6 nitrogen and oxygen atoms in total. The van der Waals surface area contributed by atoms with Crippen molar-refractivity contribution in [1.29, 1.82) is 0 Å². The van der Waals surface area contributed by atoms with E-state index in [9.17, 15) is 8.78 Å². The Morgan fingerprint density at radius 1 is 1.35 bits per heavy atom. The lowest BCUT2D eigenvalue weighted by Crippen LogP contribution is -2.01. The number of hydrogen-bond acceptors (Lipinski definition) is 6. The molecule has 0 bridgehead atoms. The molecule has 0 aliphatic rings. The van der Waals surface area contributed by atoms with Crippen molar-refractivity contribution in [1.82, 2.24) is 25.2 Å². The first-order valence-electron chi connectivity index (χ1n) is 4.56. The zero-order valence-corrected chi connectivity index (χ0v) is 9.79. The minimum absolute atomic E-state index is 0.00801. The first kappa shape index (κ1) is 11.7. The second-order valence-corrected chi connectivity index (χ2v) is 4.00. The number of anilines is 1. The van der Waals surface area contributed by atoms with Crippen LogP contribution in [0, 0.1) is 11.6 Å². The predicted octanol–water partition coefficient (Wildman–Crippen LogP) is 1.08. The Kier molecular flexibility index (Phi) is 3.18. The summed E-state index contributed by atoms with van der Waals surface area (Å²) in [4.78, 5) is 3.80. The van der Waals surface area contributed by atoms with Gasteiger partial charge in [-0.15, -0.1) is 5.10 Å². The van der Waals surface area contributed by atoms with Gasteiger partial charge in [0.05, 0.1) is 0 Å². The maximum atomic E-state index is 13.5. The van der Waals surface area contributed by atoms with Crippen molar-refractivity contribution in [2.75, 3.05) is 12.4 Å². The van der Waals surface area contributed by atoms with Crippen LogP contribution in [0.1, 0.15) is 0 Å². The smallest absolute Gasteiger partial charge is 0.215 e. The lowest BCUT2D eigenvalue weighted by molar-refractivity contribution is 0.551. The Bertz CT molecular complexity index is 543. The van der Waals surface area contributed by atoms with Gasteiger partial charge in [0.25, 0.3) is 0 Å². The Morgan fingerprint density at radius 2 is 2.12 bits per heavy atom. The van der Waals surface area contributed by atoms with Crippen molar-refractivity contribution in [3.8, 4) is 0 Å². The van der Waals surface area contributed by atoms with Crippen molar-refractivity contribution < 1.29 is 8.78 Å². The molecule has 2 aromatic heterocycles. The van der Waals surface area contributed by atoms with E-state index in [0.717, 1.165) is 17.8 Å². The molecule has 0 saturated carbocycles. The van der Waals surface area contributed by atoms with Crippen LogP contribution in [-0.2, 0) is 7.05 Å². The minimum atomic E-state index is -0.755. The van der Waals surface area contributed by atoms with Gasteiger partial charge < -0.3 is 5.32 Å². The van der Waals surface area contributed by atoms with Gasteiger partial charge in [-0.1, -0.05) is 0 Å². The summed E-state index contributed by atoms with van der Waals surface area (Å²) < 4.78 is 28.0. The van der Waals surface area contributed by atoms with Gasteiger partial charge in [-0.3, -0.25) is 0 Å². The van der Waals surface area contributed by atoms with E-state index in [1.807, 2.05) is 0 Å². The number of nitrogens with zero attached hydrogens (tertiary/aromatic N) is 5. The standard InChI is InChI=1S/C8H8F2N6S/c1-11-6-4(9)3-5(10)7(12-6)17-8-13-14-15-16(8)2/h3H,1-2H3,(H,11,12). The Balaban J connectivity index is 2.36. The normalized spacial score (nSPS) is 10.6. The summed E-state index contributed by atoms with van der Waals surface area (Å²) in [5.41, 5.74) is 0. The average molecular weight is 258 g/mol. The number of nitrogens with one attached hydrogen (secondary N) is 1. The fourth-order valence-corrected chi connectivity index (χ4v) is 1.80. The fourth-order valence-electron chi connectivity index (χ4n) is 1.09. The van der Waals surface area contributed by atoms with Crippen LogP contribution in [0.3, 0.4) is 0 Å². The van der Waals surface area contributed by atoms with Gasteiger partial charge in [0.2, 0.25) is 5.16 Å². The van der Waals surface area contributed by atoms with Crippen LogP contribution in [0.25, 0.3) is 0 Å². The highest BCUT2D eigenvalue weighted by molar-refractivity contribution is 7.99. The quantitative estimate of drug-likeness (QED) is 0.888. The SMILES string of the molecule is CNc1nc(Sc2nnnn2C)c(F)cc1F. The van der Waals surface area contributed by atoms with Crippen molar-refractivity contribution in [3.63, 3.8) is 0 Å². The zero-order valence-electron chi connectivity index (χ0n) is 8.98. The van der Waals surface area contributed by atoms with Gasteiger partial charge in [-0.25, -0.2) is 18.4 Å². The summed E-state index contributed by atoms with van der Waals surface area (Å²) in [5.74, 6) is -1.52. The van der Waals surface area contributed by atoms with Crippen LogP contribution in [0.2, 0.25) is 0 Å². The van der Waals surface area contributed by atoms with Crippen LogP contribution < -0.4 is 5.32 Å². The van der Waals surface area contributed by atoms with Gasteiger partial charge in [-0.2, -0.15) is 0 Å². The molecule has 0 fully saturated rings. The van der Waals surface area contributed by atoms with Gasteiger partial charge in [-0.05, 0) is 22.2 Å². The first-order valence-corrected chi connectivity index (χ1v) is 5.37. The Morgan fingerprint density at radius 3 is 2.71 bits per heavy atom. The molecule has 0 unspecified atom stereocenters.